The number of hydrogen-bond donors (Lipinski definition) is 0. The van der Waals surface area contributed by atoms with Gasteiger partial charge in [-0.1, -0.05) is 12.1 Å². The zero-order chi connectivity index (χ0) is 18.4. The molecule has 2 aromatic carbocycles. The van der Waals surface area contributed by atoms with Crippen LogP contribution < -0.4 is 11.2 Å². The molecule has 0 atom stereocenters. The number of benzene rings is 2. The van der Waals surface area contributed by atoms with Crippen LogP contribution in [0.25, 0.3) is 21.9 Å². The fraction of sp³-hybridized carbons (Fsp3) is 0.150. The summed E-state index contributed by atoms with van der Waals surface area (Å²) in [5.74, 6) is -0.445. The summed E-state index contributed by atoms with van der Waals surface area (Å²) in [6, 6.07) is 9.09. The van der Waals surface area contributed by atoms with Crippen molar-refractivity contribution in [3.05, 3.63) is 86.0 Å². The average Bonchev–Trinajstić information content (AvgIpc) is 2.61. The molecule has 0 saturated heterocycles. The van der Waals surface area contributed by atoms with Crippen LogP contribution in [-0.2, 0) is 6.54 Å². The Morgan fingerprint density at radius 2 is 1.85 bits per heavy atom. The molecule has 26 heavy (non-hydrogen) atoms. The fourth-order valence-corrected chi connectivity index (χ4v) is 3.08. The Morgan fingerprint density at radius 3 is 2.65 bits per heavy atom. The summed E-state index contributed by atoms with van der Waals surface area (Å²) < 4.78 is 20.1. The second kappa shape index (κ2) is 5.91. The highest BCUT2D eigenvalue weighted by Gasteiger charge is 2.12. The van der Waals surface area contributed by atoms with Gasteiger partial charge in [0.1, 0.15) is 11.4 Å². The van der Waals surface area contributed by atoms with Gasteiger partial charge in [0.15, 0.2) is 0 Å². The minimum atomic E-state index is -0.468. The molecule has 6 heteroatoms. The number of aromatic nitrogens is 2. The first-order valence-electron chi connectivity index (χ1n) is 8.11. The average molecular weight is 350 g/mol. The molecule has 0 radical (unpaired) electrons. The third-order valence-electron chi connectivity index (χ3n) is 4.65. The zero-order valence-corrected chi connectivity index (χ0v) is 14.2. The van der Waals surface area contributed by atoms with Crippen molar-refractivity contribution >= 4 is 21.9 Å². The Labute approximate surface area is 147 Å². The number of nitrogens with zero attached hydrogens (tertiary/aromatic N) is 2. The lowest BCUT2D eigenvalue weighted by molar-refractivity contribution is 0.554. The molecular weight excluding hydrogens is 335 g/mol. The summed E-state index contributed by atoms with van der Waals surface area (Å²) in [7, 11) is 0. The monoisotopic (exact) mass is 350 g/mol. The predicted octanol–water partition coefficient (Wildman–Crippen LogP) is 3.31. The van der Waals surface area contributed by atoms with Gasteiger partial charge >= 0.3 is 5.63 Å². The standard InChI is InChI=1S/C20H15FN2O3/c1-11-3-5-15-13(7-18(24)26-19(15)12(11)2)9-23-10-22-17-8-14(21)4-6-16(17)20(23)25/h3-8,10H,9H2,1-2H3. The molecule has 4 aromatic rings. The van der Waals surface area contributed by atoms with Gasteiger partial charge in [-0.05, 0) is 42.7 Å². The second-order valence-electron chi connectivity index (χ2n) is 6.31. The van der Waals surface area contributed by atoms with E-state index in [-0.39, 0.29) is 12.1 Å². The van der Waals surface area contributed by atoms with Crippen LogP contribution in [0.3, 0.4) is 0 Å². The third kappa shape index (κ3) is 2.60. The van der Waals surface area contributed by atoms with E-state index >= 15 is 0 Å². The zero-order valence-electron chi connectivity index (χ0n) is 14.2. The first kappa shape index (κ1) is 16.2. The minimum Gasteiger partial charge on any atom is -0.422 e. The quantitative estimate of drug-likeness (QED) is 0.520. The minimum absolute atomic E-state index is 0.170. The maximum Gasteiger partial charge on any atom is 0.336 e. The van der Waals surface area contributed by atoms with E-state index in [1.807, 2.05) is 26.0 Å². The van der Waals surface area contributed by atoms with E-state index in [0.29, 0.717) is 22.0 Å². The van der Waals surface area contributed by atoms with Crippen molar-refractivity contribution in [2.45, 2.75) is 20.4 Å². The highest BCUT2D eigenvalue weighted by atomic mass is 19.1. The molecular formula is C20H15FN2O3. The van der Waals surface area contributed by atoms with Gasteiger partial charge in [-0.3, -0.25) is 9.36 Å². The Bertz CT molecular complexity index is 1290. The van der Waals surface area contributed by atoms with E-state index in [2.05, 4.69) is 4.98 Å². The Hall–Kier alpha value is -3.28. The summed E-state index contributed by atoms with van der Waals surface area (Å²) in [4.78, 5) is 28.8. The molecule has 0 unspecified atom stereocenters. The SMILES string of the molecule is Cc1ccc2c(Cn3cnc4cc(F)ccc4c3=O)cc(=O)oc2c1C. The number of fused-ring (bicyclic) bond motifs is 2. The van der Waals surface area contributed by atoms with Gasteiger partial charge in [-0.15, -0.1) is 0 Å². The number of rotatable bonds is 2. The van der Waals surface area contributed by atoms with Crippen LogP contribution in [0.4, 0.5) is 4.39 Å². The Morgan fingerprint density at radius 1 is 1.08 bits per heavy atom. The van der Waals surface area contributed by atoms with Crippen molar-refractivity contribution in [3.63, 3.8) is 0 Å². The highest BCUT2D eigenvalue weighted by molar-refractivity contribution is 5.84. The maximum absolute atomic E-state index is 13.3. The van der Waals surface area contributed by atoms with E-state index in [9.17, 15) is 14.0 Å². The highest BCUT2D eigenvalue weighted by Crippen LogP contribution is 2.23. The topological polar surface area (TPSA) is 65.1 Å². The summed E-state index contributed by atoms with van der Waals surface area (Å²) in [5.41, 5.74) is 2.65. The summed E-state index contributed by atoms with van der Waals surface area (Å²) in [6.07, 6.45) is 1.37. The number of halogens is 1. The molecule has 0 aliphatic carbocycles. The molecule has 5 nitrogen and oxygen atoms in total. The summed E-state index contributed by atoms with van der Waals surface area (Å²) in [5, 5.41) is 1.10. The van der Waals surface area contributed by atoms with E-state index in [1.165, 1.54) is 35.2 Å². The van der Waals surface area contributed by atoms with Crippen molar-refractivity contribution in [2.75, 3.05) is 0 Å². The first-order valence-corrected chi connectivity index (χ1v) is 8.11. The lowest BCUT2D eigenvalue weighted by Gasteiger charge is -2.11. The molecule has 0 aliphatic heterocycles. The molecule has 130 valence electrons. The van der Waals surface area contributed by atoms with Gasteiger partial charge in [0.2, 0.25) is 0 Å². The van der Waals surface area contributed by atoms with Crippen molar-refractivity contribution in [2.24, 2.45) is 0 Å². The second-order valence-corrected chi connectivity index (χ2v) is 6.31. The molecule has 0 fully saturated rings. The first-order chi connectivity index (χ1) is 12.4. The maximum atomic E-state index is 13.3. The molecule has 2 heterocycles. The van der Waals surface area contributed by atoms with Crippen LogP contribution in [0.5, 0.6) is 0 Å². The molecule has 0 amide bonds. The molecule has 0 aliphatic rings. The molecule has 0 N–H and O–H groups in total. The van der Waals surface area contributed by atoms with Crippen molar-refractivity contribution in [3.8, 4) is 0 Å². The van der Waals surface area contributed by atoms with Crippen LogP contribution in [0.2, 0.25) is 0 Å². The van der Waals surface area contributed by atoms with Crippen LogP contribution in [0.15, 0.2) is 56.7 Å². The lowest BCUT2D eigenvalue weighted by Crippen LogP contribution is -2.22. The van der Waals surface area contributed by atoms with Gasteiger partial charge in [0, 0.05) is 17.5 Å². The van der Waals surface area contributed by atoms with Gasteiger partial charge in [-0.25, -0.2) is 14.2 Å². The van der Waals surface area contributed by atoms with Gasteiger partial charge in [-0.2, -0.15) is 0 Å². The summed E-state index contributed by atoms with van der Waals surface area (Å²) in [6.45, 7) is 4.00. The van der Waals surface area contributed by atoms with E-state index in [4.69, 9.17) is 4.42 Å². The third-order valence-corrected chi connectivity index (χ3v) is 4.65. The van der Waals surface area contributed by atoms with E-state index < -0.39 is 11.4 Å². The van der Waals surface area contributed by atoms with Crippen LogP contribution >= 0.6 is 0 Å². The molecule has 0 saturated carbocycles. The Balaban J connectivity index is 1.91. The van der Waals surface area contributed by atoms with E-state index in [1.54, 1.807) is 0 Å². The number of aryl methyl sites for hydroxylation is 2. The van der Waals surface area contributed by atoms with Gasteiger partial charge in [0.05, 0.1) is 23.8 Å². The van der Waals surface area contributed by atoms with Gasteiger partial charge < -0.3 is 4.42 Å². The van der Waals surface area contributed by atoms with E-state index in [0.717, 1.165) is 16.5 Å². The van der Waals surface area contributed by atoms with Crippen molar-refractivity contribution in [1.82, 2.24) is 9.55 Å². The van der Waals surface area contributed by atoms with Crippen molar-refractivity contribution in [1.29, 1.82) is 0 Å². The molecule has 4 rings (SSSR count). The molecule has 2 aromatic heterocycles. The molecule has 0 spiro atoms. The summed E-state index contributed by atoms with van der Waals surface area (Å²) >= 11 is 0. The smallest absolute Gasteiger partial charge is 0.336 e. The Kier molecular flexibility index (Phi) is 3.68. The van der Waals surface area contributed by atoms with Gasteiger partial charge in [0.25, 0.3) is 5.56 Å². The lowest BCUT2D eigenvalue weighted by atomic mass is 10.0. The van der Waals surface area contributed by atoms with Crippen molar-refractivity contribution < 1.29 is 8.81 Å². The van der Waals surface area contributed by atoms with Crippen LogP contribution in [0.1, 0.15) is 16.7 Å². The largest absolute Gasteiger partial charge is 0.422 e. The fourth-order valence-electron chi connectivity index (χ4n) is 3.08. The number of hydrogen-bond acceptors (Lipinski definition) is 4. The normalized spacial score (nSPS) is 11.3. The molecule has 0 bridgehead atoms. The van der Waals surface area contributed by atoms with Crippen LogP contribution in [-0.4, -0.2) is 9.55 Å². The predicted molar refractivity (Wildman–Crippen MR) is 97.0 cm³/mol. The van der Waals surface area contributed by atoms with Crippen LogP contribution in [0, 0.1) is 19.7 Å².